The Hall–Kier alpha value is -0.750. The molecule has 0 aliphatic heterocycles. The molecule has 0 saturated heterocycles. The van der Waals surface area contributed by atoms with E-state index in [4.69, 9.17) is 10.2 Å². The van der Waals surface area contributed by atoms with Crippen LogP contribution in [0.15, 0.2) is 0 Å². The van der Waals surface area contributed by atoms with E-state index in [1.807, 2.05) is 18.9 Å². The maximum atomic E-state index is 10.7. The Labute approximate surface area is 93.5 Å². The maximum absolute atomic E-state index is 10.7. The number of rotatable bonds is 8. The molecule has 0 aromatic carbocycles. The average molecular weight is 235 g/mol. The van der Waals surface area contributed by atoms with Gasteiger partial charge in [-0.15, -0.1) is 11.8 Å². The third kappa shape index (κ3) is 7.21. The van der Waals surface area contributed by atoms with Crippen LogP contribution in [-0.2, 0) is 9.59 Å². The van der Waals surface area contributed by atoms with Crippen LogP contribution >= 0.6 is 11.8 Å². The van der Waals surface area contributed by atoms with Crippen molar-refractivity contribution in [2.75, 3.05) is 25.9 Å². The molecule has 5 nitrogen and oxygen atoms in total. The summed E-state index contributed by atoms with van der Waals surface area (Å²) in [5, 5.41) is 16.4. The van der Waals surface area contributed by atoms with Crippen LogP contribution in [0.4, 0.5) is 0 Å². The zero-order valence-corrected chi connectivity index (χ0v) is 9.79. The minimum atomic E-state index is -1.07. The lowest BCUT2D eigenvalue weighted by atomic mass is 10.3. The van der Waals surface area contributed by atoms with Gasteiger partial charge in [-0.05, 0) is 13.6 Å². The highest BCUT2D eigenvalue weighted by Gasteiger charge is 2.21. The molecule has 0 aromatic heterocycles. The molecule has 0 aliphatic carbocycles. The summed E-state index contributed by atoms with van der Waals surface area (Å²) in [5.41, 5.74) is 0. The first-order valence-electron chi connectivity index (χ1n) is 4.72. The van der Waals surface area contributed by atoms with Gasteiger partial charge in [-0.1, -0.05) is 6.92 Å². The summed E-state index contributed by atoms with van der Waals surface area (Å²) in [6, 6.07) is 0. The Morgan fingerprint density at radius 2 is 2.00 bits per heavy atom. The molecule has 0 radical (unpaired) electrons. The summed E-state index contributed by atoms with van der Waals surface area (Å²) < 4.78 is 0. The number of aliphatic carboxylic acids is 2. The maximum Gasteiger partial charge on any atom is 0.317 e. The molecule has 6 heteroatoms. The van der Waals surface area contributed by atoms with Gasteiger partial charge >= 0.3 is 11.9 Å². The summed E-state index contributed by atoms with van der Waals surface area (Å²) in [7, 11) is 1.94. The fraction of sp³-hybridized carbons (Fsp3) is 0.778. The lowest BCUT2D eigenvalue weighted by Crippen LogP contribution is -2.25. The molecule has 0 aromatic rings. The van der Waals surface area contributed by atoms with E-state index in [1.54, 1.807) is 0 Å². The SMILES string of the molecule is CCN(C)CCSC(CC(=O)O)C(=O)O. The topological polar surface area (TPSA) is 77.8 Å². The predicted octanol–water partition coefficient (Wildman–Crippen LogP) is 0.599. The van der Waals surface area contributed by atoms with Gasteiger partial charge in [0.25, 0.3) is 0 Å². The van der Waals surface area contributed by atoms with Gasteiger partial charge in [-0.25, -0.2) is 0 Å². The molecule has 0 rings (SSSR count). The van der Waals surface area contributed by atoms with Crippen LogP contribution in [0, 0.1) is 0 Å². The average Bonchev–Trinajstić information content (AvgIpc) is 2.15. The summed E-state index contributed by atoms with van der Waals surface area (Å²) >= 11 is 1.18. The zero-order valence-electron chi connectivity index (χ0n) is 8.97. The van der Waals surface area contributed by atoms with Crippen molar-refractivity contribution in [2.45, 2.75) is 18.6 Å². The second-order valence-corrected chi connectivity index (χ2v) is 4.50. The van der Waals surface area contributed by atoms with Gasteiger partial charge in [0.05, 0.1) is 6.42 Å². The number of nitrogens with zero attached hydrogens (tertiary/aromatic N) is 1. The molecule has 0 amide bonds. The van der Waals surface area contributed by atoms with E-state index in [0.29, 0.717) is 5.75 Å². The summed E-state index contributed by atoms with van der Waals surface area (Å²) in [5.74, 6) is -1.49. The number of carboxylic acids is 2. The summed E-state index contributed by atoms with van der Waals surface area (Å²) in [6.45, 7) is 3.68. The third-order valence-electron chi connectivity index (χ3n) is 1.97. The highest BCUT2D eigenvalue weighted by atomic mass is 32.2. The van der Waals surface area contributed by atoms with Crippen molar-refractivity contribution < 1.29 is 19.8 Å². The van der Waals surface area contributed by atoms with E-state index in [2.05, 4.69) is 0 Å². The van der Waals surface area contributed by atoms with Crippen LogP contribution in [0.5, 0.6) is 0 Å². The molecule has 0 fully saturated rings. The van der Waals surface area contributed by atoms with Gasteiger partial charge in [0.1, 0.15) is 5.25 Å². The number of hydrogen-bond acceptors (Lipinski definition) is 4. The number of carbonyl (C=O) groups is 2. The van der Waals surface area contributed by atoms with E-state index in [-0.39, 0.29) is 6.42 Å². The predicted molar refractivity (Wildman–Crippen MR) is 59.3 cm³/mol. The molecule has 0 saturated carbocycles. The normalized spacial score (nSPS) is 12.7. The largest absolute Gasteiger partial charge is 0.481 e. The van der Waals surface area contributed by atoms with E-state index in [9.17, 15) is 9.59 Å². The van der Waals surface area contributed by atoms with Crippen molar-refractivity contribution in [2.24, 2.45) is 0 Å². The fourth-order valence-corrected chi connectivity index (χ4v) is 1.99. The van der Waals surface area contributed by atoms with Crippen LogP contribution in [0.3, 0.4) is 0 Å². The summed E-state index contributed by atoms with van der Waals surface area (Å²) in [4.78, 5) is 23.1. The lowest BCUT2D eigenvalue weighted by molar-refractivity contribution is -0.142. The second kappa shape index (κ2) is 7.53. The first-order valence-corrected chi connectivity index (χ1v) is 5.77. The monoisotopic (exact) mass is 235 g/mol. The number of hydrogen-bond donors (Lipinski definition) is 2. The van der Waals surface area contributed by atoms with Gasteiger partial charge in [0, 0.05) is 12.3 Å². The molecule has 0 heterocycles. The van der Waals surface area contributed by atoms with Crippen LogP contribution in [0.25, 0.3) is 0 Å². The van der Waals surface area contributed by atoms with E-state index in [1.165, 1.54) is 11.8 Å². The first kappa shape index (κ1) is 14.2. The van der Waals surface area contributed by atoms with Crippen molar-refractivity contribution in [3.63, 3.8) is 0 Å². The summed E-state index contributed by atoms with van der Waals surface area (Å²) in [6.07, 6.45) is -0.324. The molecule has 0 aliphatic rings. The van der Waals surface area contributed by atoms with Crippen molar-refractivity contribution in [1.29, 1.82) is 0 Å². The molecule has 15 heavy (non-hydrogen) atoms. The Balaban J connectivity index is 3.86. The Bertz CT molecular complexity index is 222. The Morgan fingerprint density at radius 3 is 2.40 bits per heavy atom. The molecule has 1 unspecified atom stereocenters. The van der Waals surface area contributed by atoms with Crippen LogP contribution < -0.4 is 0 Å². The minimum absolute atomic E-state index is 0.324. The first-order chi connectivity index (χ1) is 6.97. The van der Waals surface area contributed by atoms with Crippen molar-refractivity contribution in [3.05, 3.63) is 0 Å². The van der Waals surface area contributed by atoms with Crippen LogP contribution in [0.2, 0.25) is 0 Å². The molecular weight excluding hydrogens is 218 g/mol. The highest BCUT2D eigenvalue weighted by molar-refractivity contribution is 8.00. The molecule has 2 N–H and O–H groups in total. The van der Waals surface area contributed by atoms with Crippen molar-refractivity contribution in [3.8, 4) is 0 Å². The molecule has 1 atom stereocenters. The number of thioether (sulfide) groups is 1. The van der Waals surface area contributed by atoms with Crippen molar-refractivity contribution >= 4 is 23.7 Å². The quantitative estimate of drug-likeness (QED) is 0.641. The Morgan fingerprint density at radius 1 is 1.40 bits per heavy atom. The molecular formula is C9H17NO4S. The van der Waals surface area contributed by atoms with E-state index < -0.39 is 17.2 Å². The third-order valence-corrected chi connectivity index (χ3v) is 3.16. The van der Waals surface area contributed by atoms with Crippen LogP contribution in [0.1, 0.15) is 13.3 Å². The number of carboxylic acid groups (broad SMARTS) is 2. The van der Waals surface area contributed by atoms with Gasteiger partial charge in [-0.2, -0.15) is 0 Å². The molecule has 0 spiro atoms. The van der Waals surface area contributed by atoms with Crippen molar-refractivity contribution in [1.82, 2.24) is 4.90 Å². The van der Waals surface area contributed by atoms with Gasteiger partial charge in [0.2, 0.25) is 0 Å². The Kier molecular flexibility index (Phi) is 7.15. The molecule has 0 bridgehead atoms. The lowest BCUT2D eigenvalue weighted by Gasteiger charge is -2.15. The van der Waals surface area contributed by atoms with E-state index in [0.717, 1.165) is 13.1 Å². The highest BCUT2D eigenvalue weighted by Crippen LogP contribution is 2.15. The van der Waals surface area contributed by atoms with Crippen LogP contribution in [-0.4, -0.2) is 58.2 Å². The zero-order chi connectivity index (χ0) is 11.8. The van der Waals surface area contributed by atoms with E-state index >= 15 is 0 Å². The minimum Gasteiger partial charge on any atom is -0.481 e. The molecule has 88 valence electrons. The smallest absolute Gasteiger partial charge is 0.317 e. The van der Waals surface area contributed by atoms with Gasteiger partial charge < -0.3 is 15.1 Å². The fourth-order valence-electron chi connectivity index (χ4n) is 0.885. The van der Waals surface area contributed by atoms with Gasteiger partial charge in [0.15, 0.2) is 0 Å². The standard InChI is InChI=1S/C9H17NO4S/c1-3-10(2)4-5-15-7(9(13)14)6-8(11)12/h7H,3-6H2,1-2H3,(H,11,12)(H,13,14). The second-order valence-electron chi connectivity index (χ2n) is 3.19. The van der Waals surface area contributed by atoms with Gasteiger partial charge in [-0.3, -0.25) is 9.59 Å².